The Morgan fingerprint density at radius 1 is 1.44 bits per heavy atom. The molecule has 0 saturated heterocycles. The Kier molecular flexibility index (Phi) is 4.54. The summed E-state index contributed by atoms with van der Waals surface area (Å²) < 4.78 is 0. The minimum atomic E-state index is 0.0363. The van der Waals surface area contributed by atoms with Gasteiger partial charge in [0.1, 0.15) is 0 Å². The molecule has 0 bridgehead atoms. The molecular weight excluding hydrogens is 196 g/mol. The smallest absolute Gasteiger partial charge is 0.0663 e. The lowest BCUT2D eigenvalue weighted by molar-refractivity contribution is 0.516. The van der Waals surface area contributed by atoms with Crippen molar-refractivity contribution in [2.24, 2.45) is 5.73 Å². The lowest BCUT2D eigenvalue weighted by Gasteiger charge is -2.21. The molecule has 0 aliphatic rings. The first-order chi connectivity index (χ1) is 7.58. The van der Waals surface area contributed by atoms with Crippen LogP contribution in [0.5, 0.6) is 0 Å². The van der Waals surface area contributed by atoms with Crippen LogP contribution in [0.1, 0.15) is 29.7 Å². The van der Waals surface area contributed by atoms with Gasteiger partial charge in [0, 0.05) is 12.6 Å². The molecule has 16 heavy (non-hydrogen) atoms. The highest BCUT2D eigenvalue weighted by Gasteiger charge is 2.13. The molecule has 1 aromatic rings. The fourth-order valence-corrected chi connectivity index (χ4v) is 1.85. The first-order valence-corrected chi connectivity index (χ1v) is 5.58. The molecule has 0 saturated carbocycles. The molecule has 1 aromatic carbocycles. The molecule has 0 radical (unpaired) electrons. The second kappa shape index (κ2) is 5.69. The number of hydrogen-bond acceptors (Lipinski definition) is 2. The van der Waals surface area contributed by atoms with Crippen LogP contribution in [0.15, 0.2) is 18.2 Å². The van der Waals surface area contributed by atoms with Crippen molar-refractivity contribution in [2.45, 2.75) is 32.9 Å². The van der Waals surface area contributed by atoms with Gasteiger partial charge < -0.3 is 5.73 Å². The maximum atomic E-state index is 5.78. The average molecular weight is 216 g/mol. The lowest BCUT2D eigenvalue weighted by Crippen LogP contribution is -2.34. The maximum Gasteiger partial charge on any atom is 0.0663 e. The van der Waals surface area contributed by atoms with Crippen LogP contribution in [0.2, 0.25) is 0 Å². The van der Waals surface area contributed by atoms with Crippen LogP contribution in [0.4, 0.5) is 0 Å². The normalized spacial score (nSPS) is 14.2. The summed E-state index contributed by atoms with van der Waals surface area (Å²) in [7, 11) is 0. The zero-order valence-electron chi connectivity index (χ0n) is 10.2. The fourth-order valence-electron chi connectivity index (χ4n) is 1.85. The Hall–Kier alpha value is -1.30. The second-order valence-corrected chi connectivity index (χ2v) is 4.20. The molecule has 0 fully saturated rings. The second-order valence-electron chi connectivity index (χ2n) is 4.20. The van der Waals surface area contributed by atoms with E-state index in [-0.39, 0.29) is 12.1 Å². The van der Waals surface area contributed by atoms with Crippen molar-refractivity contribution in [1.29, 1.82) is 0 Å². The van der Waals surface area contributed by atoms with Crippen molar-refractivity contribution in [2.75, 3.05) is 6.54 Å². The molecule has 2 nitrogen and oxygen atoms in total. The van der Waals surface area contributed by atoms with Crippen molar-refractivity contribution < 1.29 is 0 Å². The number of benzene rings is 1. The molecule has 2 heteroatoms. The van der Waals surface area contributed by atoms with Gasteiger partial charge in [-0.25, -0.2) is 0 Å². The Balaban J connectivity index is 2.91. The Bertz CT molecular complexity index is 390. The third-order valence-electron chi connectivity index (χ3n) is 2.74. The minimum absolute atomic E-state index is 0.0363. The zero-order valence-corrected chi connectivity index (χ0v) is 10.2. The SMILES string of the molecule is C#CC(C)NC(CN)c1ccc(C)cc1C. The summed E-state index contributed by atoms with van der Waals surface area (Å²) in [4.78, 5) is 0. The topological polar surface area (TPSA) is 38.0 Å². The number of rotatable bonds is 4. The Morgan fingerprint density at radius 2 is 2.12 bits per heavy atom. The highest BCUT2D eigenvalue weighted by molar-refractivity contribution is 5.33. The number of hydrogen-bond donors (Lipinski definition) is 2. The van der Waals surface area contributed by atoms with E-state index < -0.39 is 0 Å². The molecule has 0 aliphatic heterocycles. The van der Waals surface area contributed by atoms with Crippen LogP contribution in [0, 0.1) is 26.2 Å². The van der Waals surface area contributed by atoms with Gasteiger partial charge in [-0.2, -0.15) is 0 Å². The van der Waals surface area contributed by atoms with Gasteiger partial charge in [0.2, 0.25) is 0 Å². The van der Waals surface area contributed by atoms with E-state index in [9.17, 15) is 0 Å². The van der Waals surface area contributed by atoms with Gasteiger partial charge in [0.15, 0.2) is 0 Å². The summed E-state index contributed by atoms with van der Waals surface area (Å²) >= 11 is 0. The fraction of sp³-hybridized carbons (Fsp3) is 0.429. The zero-order chi connectivity index (χ0) is 12.1. The number of nitrogens with two attached hydrogens (primary N) is 1. The average Bonchev–Trinajstić information content (AvgIpc) is 2.26. The first kappa shape index (κ1) is 12.8. The van der Waals surface area contributed by atoms with E-state index in [1.807, 2.05) is 6.92 Å². The van der Waals surface area contributed by atoms with Gasteiger partial charge in [-0.3, -0.25) is 5.32 Å². The van der Waals surface area contributed by atoms with E-state index in [1.165, 1.54) is 16.7 Å². The number of terminal acetylenes is 1. The monoisotopic (exact) mass is 216 g/mol. The van der Waals surface area contributed by atoms with E-state index in [2.05, 4.69) is 43.3 Å². The van der Waals surface area contributed by atoms with E-state index in [1.54, 1.807) is 0 Å². The van der Waals surface area contributed by atoms with Gasteiger partial charge in [0.25, 0.3) is 0 Å². The first-order valence-electron chi connectivity index (χ1n) is 5.58. The van der Waals surface area contributed by atoms with Gasteiger partial charge in [-0.05, 0) is 31.9 Å². The summed E-state index contributed by atoms with van der Waals surface area (Å²) in [6, 6.07) is 6.56. The molecular formula is C14H20N2. The predicted molar refractivity (Wildman–Crippen MR) is 69.1 cm³/mol. The number of nitrogens with one attached hydrogen (secondary N) is 1. The van der Waals surface area contributed by atoms with Crippen LogP contribution in [-0.4, -0.2) is 12.6 Å². The van der Waals surface area contributed by atoms with E-state index in [0.29, 0.717) is 6.54 Å². The predicted octanol–water partition coefficient (Wildman–Crippen LogP) is 1.91. The van der Waals surface area contributed by atoms with Crippen molar-refractivity contribution >= 4 is 0 Å². The Labute approximate surface area is 98.2 Å². The lowest BCUT2D eigenvalue weighted by atomic mass is 9.98. The summed E-state index contributed by atoms with van der Waals surface area (Å²) in [5.41, 5.74) is 9.54. The van der Waals surface area contributed by atoms with Gasteiger partial charge in [0.05, 0.1) is 6.04 Å². The summed E-state index contributed by atoms with van der Waals surface area (Å²) in [6.45, 7) is 6.71. The Morgan fingerprint density at radius 3 is 2.62 bits per heavy atom. The molecule has 0 heterocycles. The van der Waals surface area contributed by atoms with E-state index in [0.717, 1.165) is 0 Å². The largest absolute Gasteiger partial charge is 0.329 e. The molecule has 0 spiro atoms. The van der Waals surface area contributed by atoms with Crippen molar-refractivity contribution in [3.63, 3.8) is 0 Å². The molecule has 0 amide bonds. The molecule has 0 aromatic heterocycles. The molecule has 2 atom stereocenters. The van der Waals surface area contributed by atoms with Crippen LogP contribution in [0.25, 0.3) is 0 Å². The quantitative estimate of drug-likeness (QED) is 0.755. The van der Waals surface area contributed by atoms with E-state index >= 15 is 0 Å². The van der Waals surface area contributed by atoms with Gasteiger partial charge in [-0.1, -0.05) is 29.7 Å². The standard InChI is InChI=1S/C14H20N2/c1-5-12(4)16-14(9-15)13-7-6-10(2)8-11(13)3/h1,6-8,12,14,16H,9,15H2,2-4H3. The molecule has 86 valence electrons. The summed E-state index contributed by atoms with van der Waals surface area (Å²) in [5.74, 6) is 2.66. The summed E-state index contributed by atoms with van der Waals surface area (Å²) in [5, 5.41) is 3.33. The van der Waals surface area contributed by atoms with Crippen molar-refractivity contribution in [3.8, 4) is 12.3 Å². The van der Waals surface area contributed by atoms with Crippen LogP contribution in [0.3, 0.4) is 0 Å². The third-order valence-corrected chi connectivity index (χ3v) is 2.74. The van der Waals surface area contributed by atoms with Gasteiger partial charge >= 0.3 is 0 Å². The highest BCUT2D eigenvalue weighted by Crippen LogP contribution is 2.18. The third kappa shape index (κ3) is 3.10. The molecule has 0 aliphatic carbocycles. The molecule has 2 unspecified atom stereocenters. The van der Waals surface area contributed by atoms with Crippen LogP contribution < -0.4 is 11.1 Å². The van der Waals surface area contributed by atoms with Gasteiger partial charge in [-0.15, -0.1) is 6.42 Å². The van der Waals surface area contributed by atoms with E-state index in [4.69, 9.17) is 12.2 Å². The minimum Gasteiger partial charge on any atom is -0.329 e. The highest BCUT2D eigenvalue weighted by atomic mass is 15.0. The molecule has 3 N–H and O–H groups in total. The van der Waals surface area contributed by atoms with Crippen molar-refractivity contribution in [3.05, 3.63) is 34.9 Å². The van der Waals surface area contributed by atoms with Crippen molar-refractivity contribution in [1.82, 2.24) is 5.32 Å². The number of aryl methyl sites for hydroxylation is 2. The van der Waals surface area contributed by atoms with Crippen LogP contribution in [-0.2, 0) is 0 Å². The summed E-state index contributed by atoms with van der Waals surface area (Å²) in [6.07, 6.45) is 5.36. The van der Waals surface area contributed by atoms with Crippen LogP contribution >= 0.6 is 0 Å². The maximum absolute atomic E-state index is 5.78. The molecule has 1 rings (SSSR count).